The molecule has 0 atom stereocenters. The Morgan fingerprint density at radius 1 is 0.462 bits per heavy atom. The number of rotatable bonds is 22. The predicted octanol–water partition coefficient (Wildman–Crippen LogP) is 6.79. The molecule has 0 unspecified atom stereocenters. The molecule has 0 aromatic carbocycles. The molecule has 0 heterocycles. The van der Waals surface area contributed by atoms with Gasteiger partial charge in [0.1, 0.15) is 0 Å². The molecule has 2 N–H and O–H groups in total. The van der Waals surface area contributed by atoms with E-state index < -0.39 is 7.32 Å². The summed E-state index contributed by atoms with van der Waals surface area (Å²) in [6.07, 6.45) is 27.4. The van der Waals surface area contributed by atoms with E-state index in [1.807, 2.05) is 0 Å². The largest absolute Gasteiger partial charge is 0.633 e. The van der Waals surface area contributed by atoms with E-state index in [1.54, 1.807) is 0 Å². The Hall–Kier alpha value is -0.0551. The van der Waals surface area contributed by atoms with Gasteiger partial charge in [-0.2, -0.15) is 0 Å². The summed E-state index contributed by atoms with van der Waals surface area (Å²) in [5, 5.41) is 17.1. The summed E-state index contributed by atoms with van der Waals surface area (Å²) in [7, 11) is -1.60. The van der Waals surface area contributed by atoms with E-state index in [-0.39, 0.29) is 0 Å². The molecule has 4 heteroatoms. The first-order valence-electron chi connectivity index (χ1n) is 11.7. The van der Waals surface area contributed by atoms with Crippen molar-refractivity contribution in [2.75, 3.05) is 6.61 Å². The smallest absolute Gasteiger partial charge is 0.402 e. The van der Waals surface area contributed by atoms with Crippen LogP contribution >= 0.6 is 0 Å². The van der Waals surface area contributed by atoms with Gasteiger partial charge in [-0.3, -0.25) is 0 Å². The van der Waals surface area contributed by atoms with Gasteiger partial charge in [0.25, 0.3) is 0 Å². The summed E-state index contributed by atoms with van der Waals surface area (Å²) in [6.45, 7) is 2.74. The summed E-state index contributed by atoms with van der Waals surface area (Å²) >= 11 is 0. The summed E-state index contributed by atoms with van der Waals surface area (Å²) in [5.41, 5.74) is 0. The summed E-state index contributed by atoms with van der Waals surface area (Å²) in [6, 6.07) is 0. The molecule has 0 aromatic rings. The predicted molar refractivity (Wildman–Crippen MR) is 114 cm³/mol. The van der Waals surface area contributed by atoms with Crippen LogP contribution in [0.1, 0.15) is 135 Å². The van der Waals surface area contributed by atoms with Crippen LogP contribution in [0.4, 0.5) is 0 Å². The molecule has 26 heavy (non-hydrogen) atoms. The van der Waals surface area contributed by atoms with Crippen LogP contribution in [-0.4, -0.2) is 24.0 Å². The van der Waals surface area contributed by atoms with E-state index in [0.29, 0.717) is 6.61 Å². The van der Waals surface area contributed by atoms with E-state index >= 15 is 0 Å². The SMILES string of the molecule is CCCCCCCCCCCCCCCCCCCCCCOB(O)O. The van der Waals surface area contributed by atoms with Crippen molar-refractivity contribution in [3.05, 3.63) is 0 Å². The van der Waals surface area contributed by atoms with Crippen LogP contribution in [0, 0.1) is 0 Å². The van der Waals surface area contributed by atoms with Crippen molar-refractivity contribution in [2.24, 2.45) is 0 Å². The highest BCUT2D eigenvalue weighted by molar-refractivity contribution is 6.32. The lowest BCUT2D eigenvalue weighted by Crippen LogP contribution is -2.17. The normalized spacial score (nSPS) is 11.2. The average molecular weight is 370 g/mol. The highest BCUT2D eigenvalue weighted by Gasteiger charge is 2.06. The minimum atomic E-state index is -1.60. The topological polar surface area (TPSA) is 49.7 Å². The fraction of sp³-hybridized carbons (Fsp3) is 1.00. The molecule has 0 spiro atoms. The Labute approximate surface area is 164 Å². The second kappa shape index (κ2) is 23.0. The molecule has 0 aromatic heterocycles. The third-order valence-corrected chi connectivity index (χ3v) is 5.26. The number of hydrogen-bond acceptors (Lipinski definition) is 3. The molecule has 0 rings (SSSR count). The minimum Gasteiger partial charge on any atom is -0.402 e. The van der Waals surface area contributed by atoms with Crippen LogP contribution in [-0.2, 0) is 4.65 Å². The van der Waals surface area contributed by atoms with Crippen LogP contribution < -0.4 is 0 Å². The maximum absolute atomic E-state index is 8.54. The minimum absolute atomic E-state index is 0.455. The van der Waals surface area contributed by atoms with Crippen molar-refractivity contribution in [3.63, 3.8) is 0 Å². The van der Waals surface area contributed by atoms with Crippen LogP contribution in [0.5, 0.6) is 0 Å². The third kappa shape index (κ3) is 23.9. The van der Waals surface area contributed by atoms with Gasteiger partial charge >= 0.3 is 7.32 Å². The van der Waals surface area contributed by atoms with Gasteiger partial charge in [-0.05, 0) is 6.42 Å². The summed E-state index contributed by atoms with van der Waals surface area (Å²) < 4.78 is 4.69. The van der Waals surface area contributed by atoms with Gasteiger partial charge in [0, 0.05) is 6.61 Å². The Morgan fingerprint density at radius 3 is 1.00 bits per heavy atom. The van der Waals surface area contributed by atoms with Gasteiger partial charge in [-0.25, -0.2) is 0 Å². The zero-order valence-electron chi connectivity index (χ0n) is 17.7. The van der Waals surface area contributed by atoms with Crippen molar-refractivity contribution in [1.82, 2.24) is 0 Å². The number of hydrogen-bond donors (Lipinski definition) is 2. The Balaban J connectivity index is 2.97. The fourth-order valence-electron chi connectivity index (χ4n) is 3.55. The lowest BCUT2D eigenvalue weighted by Gasteiger charge is -2.04. The second-order valence-corrected chi connectivity index (χ2v) is 7.91. The Kier molecular flexibility index (Phi) is 22.9. The lowest BCUT2D eigenvalue weighted by atomic mass is 10.0. The maximum atomic E-state index is 8.54. The third-order valence-electron chi connectivity index (χ3n) is 5.26. The number of unbranched alkanes of at least 4 members (excludes halogenated alkanes) is 19. The molecule has 0 bridgehead atoms. The standard InChI is InChI=1S/C22H47BO3/c1-2-3-4-5-6-7-8-9-10-11-12-13-14-15-16-17-18-19-20-21-22-26-23(24)25/h24-25H,2-22H2,1H3. The van der Waals surface area contributed by atoms with Crippen LogP contribution in [0.25, 0.3) is 0 Å². The molecule has 0 fully saturated rings. The lowest BCUT2D eigenvalue weighted by molar-refractivity contribution is 0.182. The molecule has 0 aliphatic carbocycles. The van der Waals surface area contributed by atoms with Gasteiger partial charge in [-0.1, -0.05) is 129 Å². The molecular weight excluding hydrogens is 323 g/mol. The van der Waals surface area contributed by atoms with E-state index in [1.165, 1.54) is 116 Å². The van der Waals surface area contributed by atoms with Crippen LogP contribution in [0.2, 0.25) is 0 Å². The first-order chi connectivity index (χ1) is 12.8. The van der Waals surface area contributed by atoms with Crippen LogP contribution in [0.3, 0.4) is 0 Å². The van der Waals surface area contributed by atoms with E-state index in [9.17, 15) is 0 Å². The molecular formula is C22H47BO3. The molecule has 156 valence electrons. The highest BCUT2D eigenvalue weighted by Crippen LogP contribution is 2.14. The Morgan fingerprint density at radius 2 is 0.731 bits per heavy atom. The van der Waals surface area contributed by atoms with E-state index in [4.69, 9.17) is 10.0 Å². The van der Waals surface area contributed by atoms with Crippen molar-refractivity contribution >= 4 is 7.32 Å². The molecule has 0 radical (unpaired) electrons. The molecule has 3 nitrogen and oxygen atoms in total. The van der Waals surface area contributed by atoms with E-state index in [0.717, 1.165) is 12.8 Å². The van der Waals surface area contributed by atoms with Gasteiger partial charge in [0.2, 0.25) is 0 Å². The van der Waals surface area contributed by atoms with Crippen molar-refractivity contribution < 1.29 is 14.7 Å². The molecule has 0 aliphatic rings. The second-order valence-electron chi connectivity index (χ2n) is 7.91. The van der Waals surface area contributed by atoms with Gasteiger partial charge < -0.3 is 14.7 Å². The fourth-order valence-corrected chi connectivity index (χ4v) is 3.55. The van der Waals surface area contributed by atoms with Crippen molar-refractivity contribution in [2.45, 2.75) is 135 Å². The monoisotopic (exact) mass is 370 g/mol. The summed E-state index contributed by atoms with van der Waals surface area (Å²) in [4.78, 5) is 0. The zero-order valence-corrected chi connectivity index (χ0v) is 17.7. The molecule has 0 saturated heterocycles. The van der Waals surface area contributed by atoms with Crippen LogP contribution in [0.15, 0.2) is 0 Å². The maximum Gasteiger partial charge on any atom is 0.633 e. The molecule has 0 saturated carbocycles. The van der Waals surface area contributed by atoms with Gasteiger partial charge in [0.05, 0.1) is 0 Å². The average Bonchev–Trinajstić information content (AvgIpc) is 2.62. The van der Waals surface area contributed by atoms with Crippen molar-refractivity contribution in [1.29, 1.82) is 0 Å². The first kappa shape index (κ1) is 25.9. The Bertz CT molecular complexity index is 250. The highest BCUT2D eigenvalue weighted by atomic mass is 16.6. The summed E-state index contributed by atoms with van der Waals surface area (Å²) in [5.74, 6) is 0. The molecule has 0 amide bonds. The van der Waals surface area contributed by atoms with Gasteiger partial charge in [0.15, 0.2) is 0 Å². The van der Waals surface area contributed by atoms with Gasteiger partial charge in [-0.15, -0.1) is 0 Å². The zero-order chi connectivity index (χ0) is 19.1. The first-order valence-corrected chi connectivity index (χ1v) is 11.7. The van der Waals surface area contributed by atoms with E-state index in [2.05, 4.69) is 11.6 Å². The molecule has 0 aliphatic heterocycles. The van der Waals surface area contributed by atoms with Crippen molar-refractivity contribution in [3.8, 4) is 0 Å². The quantitative estimate of drug-likeness (QED) is 0.163.